The molecule has 2 unspecified atom stereocenters. The Morgan fingerprint density at radius 1 is 1.20 bits per heavy atom. The van der Waals surface area contributed by atoms with Gasteiger partial charge in [0.2, 0.25) is 5.91 Å². The molecule has 1 fully saturated rings. The maximum absolute atomic E-state index is 12.7. The van der Waals surface area contributed by atoms with Crippen molar-refractivity contribution in [1.82, 2.24) is 10.3 Å². The zero-order chi connectivity index (χ0) is 21.5. The second-order valence-electron chi connectivity index (χ2n) is 10.2. The van der Waals surface area contributed by atoms with Crippen LogP contribution < -0.4 is 5.43 Å². The van der Waals surface area contributed by atoms with Gasteiger partial charge in [-0.1, -0.05) is 70.2 Å². The van der Waals surface area contributed by atoms with Gasteiger partial charge in [-0.25, -0.2) is 5.43 Å². The number of amides is 1. The van der Waals surface area contributed by atoms with Gasteiger partial charge >= 0.3 is 0 Å². The van der Waals surface area contributed by atoms with E-state index in [4.69, 9.17) is 0 Å². The van der Waals surface area contributed by atoms with E-state index in [0.29, 0.717) is 0 Å². The molecule has 158 valence electrons. The van der Waals surface area contributed by atoms with Crippen LogP contribution in [0.1, 0.15) is 61.9 Å². The molecule has 0 saturated heterocycles. The minimum atomic E-state index is -0.0908. The summed E-state index contributed by atoms with van der Waals surface area (Å²) in [5.74, 6) is -0.00773. The highest BCUT2D eigenvalue weighted by Crippen LogP contribution is 2.54. The highest BCUT2D eigenvalue weighted by atomic mass is 16.2. The van der Waals surface area contributed by atoms with Crippen molar-refractivity contribution >= 4 is 12.1 Å². The lowest BCUT2D eigenvalue weighted by atomic mass is 9.85. The number of nitrogens with zero attached hydrogens (tertiary/aromatic N) is 2. The maximum Gasteiger partial charge on any atom is 0.244 e. The van der Waals surface area contributed by atoms with E-state index in [1.165, 1.54) is 22.3 Å². The summed E-state index contributed by atoms with van der Waals surface area (Å²) in [7, 11) is 2.15. The first-order valence-electron chi connectivity index (χ1n) is 10.9. The molecule has 0 radical (unpaired) electrons. The normalized spacial score (nSPS) is 24.0. The van der Waals surface area contributed by atoms with Crippen molar-refractivity contribution in [3.8, 4) is 0 Å². The van der Waals surface area contributed by atoms with Gasteiger partial charge in [0.15, 0.2) is 0 Å². The van der Waals surface area contributed by atoms with Crippen molar-refractivity contribution in [2.75, 3.05) is 13.6 Å². The molecule has 0 spiro atoms. The van der Waals surface area contributed by atoms with Gasteiger partial charge in [-0.05, 0) is 53.1 Å². The Bertz CT molecular complexity index is 971. The molecule has 4 nitrogen and oxygen atoms in total. The number of hydrogen-bond acceptors (Lipinski definition) is 3. The van der Waals surface area contributed by atoms with Gasteiger partial charge in [-0.2, -0.15) is 5.10 Å². The van der Waals surface area contributed by atoms with Crippen LogP contribution in [0.4, 0.5) is 0 Å². The van der Waals surface area contributed by atoms with Crippen LogP contribution in [0.25, 0.3) is 0 Å². The third kappa shape index (κ3) is 4.06. The summed E-state index contributed by atoms with van der Waals surface area (Å²) >= 11 is 0. The van der Waals surface area contributed by atoms with Crippen molar-refractivity contribution in [2.24, 2.45) is 11.0 Å². The number of rotatable bonds is 4. The number of hydrazone groups is 1. The van der Waals surface area contributed by atoms with Gasteiger partial charge in [0, 0.05) is 18.5 Å². The summed E-state index contributed by atoms with van der Waals surface area (Å²) in [4.78, 5) is 15.0. The van der Waals surface area contributed by atoms with Crippen LogP contribution in [0.5, 0.6) is 0 Å². The van der Waals surface area contributed by atoms with Crippen LogP contribution in [0, 0.1) is 5.92 Å². The maximum atomic E-state index is 12.7. The molecular formula is C26H33N3O. The zero-order valence-electron chi connectivity index (χ0n) is 18.8. The van der Waals surface area contributed by atoms with Gasteiger partial charge in [0.1, 0.15) is 0 Å². The van der Waals surface area contributed by atoms with E-state index in [-0.39, 0.29) is 22.7 Å². The second kappa shape index (κ2) is 7.66. The van der Waals surface area contributed by atoms with Crippen molar-refractivity contribution in [3.05, 3.63) is 70.3 Å². The molecule has 1 heterocycles. The standard InChI is InChI=1S/C26H33N3O/c1-25(2,3)20-9-11-21(12-10-20)26(4)15-23(26)24(30)28-27-16-18-7-6-8-19-17-29(5)14-13-22(18)19/h6-12,16,23H,13-15,17H2,1-5H3,(H,28,30)/b27-16+. The Morgan fingerprint density at radius 3 is 2.63 bits per heavy atom. The number of benzene rings is 2. The van der Waals surface area contributed by atoms with Crippen LogP contribution in [0.15, 0.2) is 47.6 Å². The quantitative estimate of drug-likeness (QED) is 0.607. The summed E-state index contributed by atoms with van der Waals surface area (Å²) < 4.78 is 0. The molecule has 2 aromatic carbocycles. The topological polar surface area (TPSA) is 44.7 Å². The molecule has 1 aliphatic heterocycles. The van der Waals surface area contributed by atoms with E-state index in [0.717, 1.165) is 31.5 Å². The fourth-order valence-electron chi connectivity index (χ4n) is 4.56. The molecule has 2 aliphatic rings. The number of nitrogens with one attached hydrogen (secondary N) is 1. The largest absolute Gasteiger partial charge is 0.302 e. The summed E-state index contributed by atoms with van der Waals surface area (Å²) in [6.45, 7) is 10.9. The van der Waals surface area contributed by atoms with Crippen LogP contribution in [-0.2, 0) is 28.6 Å². The molecule has 1 aliphatic carbocycles. The van der Waals surface area contributed by atoms with E-state index in [9.17, 15) is 4.79 Å². The first kappa shape index (κ1) is 20.8. The smallest absolute Gasteiger partial charge is 0.244 e. The Morgan fingerprint density at radius 2 is 1.93 bits per heavy atom. The lowest BCUT2D eigenvalue weighted by molar-refractivity contribution is -0.122. The summed E-state index contributed by atoms with van der Waals surface area (Å²) in [6.07, 6.45) is 3.70. The Kier molecular flexibility index (Phi) is 5.31. The van der Waals surface area contributed by atoms with Crippen molar-refractivity contribution in [1.29, 1.82) is 0 Å². The molecule has 2 atom stereocenters. The molecule has 0 bridgehead atoms. The van der Waals surface area contributed by atoms with Crippen LogP contribution >= 0.6 is 0 Å². The van der Waals surface area contributed by atoms with E-state index >= 15 is 0 Å². The average molecular weight is 404 g/mol. The van der Waals surface area contributed by atoms with Crippen molar-refractivity contribution < 1.29 is 4.79 Å². The summed E-state index contributed by atoms with van der Waals surface area (Å²) in [5.41, 5.74) is 9.21. The third-order valence-corrected chi connectivity index (χ3v) is 6.84. The summed E-state index contributed by atoms with van der Waals surface area (Å²) in [6, 6.07) is 15.1. The number of carbonyl (C=O) groups is 1. The predicted molar refractivity (Wildman–Crippen MR) is 123 cm³/mol. The first-order chi connectivity index (χ1) is 14.2. The van der Waals surface area contributed by atoms with Gasteiger partial charge in [0.05, 0.1) is 12.1 Å². The number of carbonyl (C=O) groups excluding carboxylic acids is 1. The lowest BCUT2D eigenvalue weighted by Gasteiger charge is -2.25. The number of likely N-dealkylation sites (N-methyl/N-ethyl adjacent to an activating group) is 1. The van der Waals surface area contributed by atoms with Gasteiger partial charge < -0.3 is 4.90 Å². The molecule has 1 N–H and O–H groups in total. The predicted octanol–water partition coefficient (Wildman–Crippen LogP) is 4.40. The molecule has 2 aromatic rings. The fraction of sp³-hybridized carbons (Fsp3) is 0.462. The fourth-order valence-corrected chi connectivity index (χ4v) is 4.56. The van der Waals surface area contributed by atoms with Crippen molar-refractivity contribution in [2.45, 2.75) is 57.9 Å². The monoisotopic (exact) mass is 403 g/mol. The molecule has 1 amide bonds. The van der Waals surface area contributed by atoms with E-state index in [1.54, 1.807) is 6.21 Å². The summed E-state index contributed by atoms with van der Waals surface area (Å²) in [5, 5.41) is 4.30. The average Bonchev–Trinajstić information content (AvgIpc) is 3.40. The Balaban J connectivity index is 1.40. The number of fused-ring (bicyclic) bond motifs is 1. The molecule has 0 aromatic heterocycles. The Hall–Kier alpha value is -2.46. The second-order valence-corrected chi connectivity index (χ2v) is 10.2. The van der Waals surface area contributed by atoms with E-state index in [2.05, 4.69) is 92.6 Å². The molecule has 1 saturated carbocycles. The first-order valence-corrected chi connectivity index (χ1v) is 10.9. The van der Waals surface area contributed by atoms with Gasteiger partial charge in [-0.3, -0.25) is 4.79 Å². The van der Waals surface area contributed by atoms with E-state index < -0.39 is 0 Å². The highest BCUT2D eigenvalue weighted by molar-refractivity contribution is 5.87. The molecule has 4 rings (SSSR count). The molecular weight excluding hydrogens is 370 g/mol. The van der Waals surface area contributed by atoms with E-state index in [1.807, 2.05) is 0 Å². The SMILES string of the molecule is CN1CCc2c(/C=N/NC(=O)C3CC3(C)c3ccc(C(C)(C)C)cc3)cccc2C1. The van der Waals surface area contributed by atoms with Crippen LogP contribution in [0.2, 0.25) is 0 Å². The number of hydrogen-bond donors (Lipinski definition) is 1. The van der Waals surface area contributed by atoms with Crippen molar-refractivity contribution in [3.63, 3.8) is 0 Å². The van der Waals surface area contributed by atoms with Crippen LogP contribution in [0.3, 0.4) is 0 Å². The zero-order valence-corrected chi connectivity index (χ0v) is 18.8. The van der Waals surface area contributed by atoms with Crippen LogP contribution in [-0.4, -0.2) is 30.6 Å². The lowest BCUT2D eigenvalue weighted by Crippen LogP contribution is -2.27. The molecule has 30 heavy (non-hydrogen) atoms. The Labute approximate surface area is 180 Å². The van der Waals surface area contributed by atoms with Gasteiger partial charge in [0.25, 0.3) is 0 Å². The van der Waals surface area contributed by atoms with Gasteiger partial charge in [-0.15, -0.1) is 0 Å². The third-order valence-electron chi connectivity index (χ3n) is 6.84. The minimum absolute atomic E-state index is 0.0122. The highest BCUT2D eigenvalue weighted by Gasteiger charge is 2.55. The minimum Gasteiger partial charge on any atom is -0.302 e. The molecule has 4 heteroatoms.